The lowest BCUT2D eigenvalue weighted by atomic mass is 9.94. The molecule has 0 aliphatic heterocycles. The molecule has 1 N–H and O–H groups in total. The molecule has 21 heavy (non-hydrogen) atoms. The maximum absolute atomic E-state index is 5.80. The molecule has 0 spiro atoms. The van der Waals surface area contributed by atoms with Crippen LogP contribution in [0.4, 0.5) is 0 Å². The van der Waals surface area contributed by atoms with Crippen molar-refractivity contribution in [2.75, 3.05) is 7.05 Å². The first-order chi connectivity index (χ1) is 10.1. The lowest BCUT2D eigenvalue weighted by molar-refractivity contribution is 0.496. The molecule has 3 rings (SSSR count). The second kappa shape index (κ2) is 5.38. The highest BCUT2D eigenvalue weighted by molar-refractivity contribution is 5.83. The highest BCUT2D eigenvalue weighted by atomic mass is 16.3. The van der Waals surface area contributed by atoms with Crippen LogP contribution in [0.5, 0.6) is 0 Å². The smallest absolute Gasteiger partial charge is 0.106 e. The minimum atomic E-state index is 0.159. The summed E-state index contributed by atoms with van der Waals surface area (Å²) in [5.41, 5.74) is 3.76. The summed E-state index contributed by atoms with van der Waals surface area (Å²) < 4.78 is 5.80. The number of furan rings is 1. The highest BCUT2D eigenvalue weighted by Crippen LogP contribution is 2.32. The van der Waals surface area contributed by atoms with E-state index in [2.05, 4.69) is 54.7 Å². The predicted molar refractivity (Wildman–Crippen MR) is 87.8 cm³/mol. The molecular formula is C19H21NO. The summed E-state index contributed by atoms with van der Waals surface area (Å²) in [4.78, 5) is 0. The Kier molecular flexibility index (Phi) is 3.56. The Morgan fingerprint density at radius 1 is 0.905 bits per heavy atom. The Morgan fingerprint density at radius 2 is 1.62 bits per heavy atom. The molecule has 1 atom stereocenters. The van der Waals surface area contributed by atoms with Gasteiger partial charge in [0.2, 0.25) is 0 Å². The average molecular weight is 279 g/mol. The van der Waals surface area contributed by atoms with Gasteiger partial charge < -0.3 is 9.73 Å². The standard InChI is InChI=1S/C19H21NO/c1-12-13(2)21-14(3)18(12)19(20-4)17-10-9-15-7-5-6-8-16(15)11-17/h5-11,19-20H,1-4H3. The van der Waals surface area contributed by atoms with E-state index in [9.17, 15) is 0 Å². The highest BCUT2D eigenvalue weighted by Gasteiger charge is 2.21. The number of hydrogen-bond acceptors (Lipinski definition) is 2. The first-order valence-electron chi connectivity index (χ1n) is 7.34. The third kappa shape index (κ3) is 2.36. The number of fused-ring (bicyclic) bond motifs is 1. The second-order valence-electron chi connectivity index (χ2n) is 5.58. The molecule has 2 heteroatoms. The van der Waals surface area contributed by atoms with Crippen LogP contribution in [-0.4, -0.2) is 7.05 Å². The van der Waals surface area contributed by atoms with Crippen LogP contribution in [0.2, 0.25) is 0 Å². The number of benzene rings is 2. The van der Waals surface area contributed by atoms with Crippen LogP contribution in [-0.2, 0) is 0 Å². The average Bonchev–Trinajstić information content (AvgIpc) is 2.74. The summed E-state index contributed by atoms with van der Waals surface area (Å²) in [6, 6.07) is 15.3. The van der Waals surface area contributed by atoms with Crippen molar-refractivity contribution in [2.45, 2.75) is 26.8 Å². The van der Waals surface area contributed by atoms with Crippen molar-refractivity contribution in [3.63, 3.8) is 0 Å². The Balaban J connectivity index is 2.13. The number of nitrogens with one attached hydrogen (secondary N) is 1. The fourth-order valence-corrected chi connectivity index (χ4v) is 3.10. The second-order valence-corrected chi connectivity index (χ2v) is 5.58. The molecule has 2 aromatic carbocycles. The van der Waals surface area contributed by atoms with Crippen molar-refractivity contribution in [1.29, 1.82) is 0 Å². The molecule has 0 aliphatic rings. The van der Waals surface area contributed by atoms with Crippen molar-refractivity contribution in [3.8, 4) is 0 Å². The quantitative estimate of drug-likeness (QED) is 0.754. The Bertz CT molecular complexity index is 785. The zero-order valence-electron chi connectivity index (χ0n) is 13.0. The van der Waals surface area contributed by atoms with E-state index in [0.29, 0.717) is 0 Å². The summed E-state index contributed by atoms with van der Waals surface area (Å²) in [5.74, 6) is 2.00. The van der Waals surface area contributed by atoms with Gasteiger partial charge in [-0.05, 0) is 55.8 Å². The van der Waals surface area contributed by atoms with E-state index in [1.807, 2.05) is 20.9 Å². The molecule has 0 amide bonds. The summed E-state index contributed by atoms with van der Waals surface area (Å²) >= 11 is 0. The minimum Gasteiger partial charge on any atom is -0.466 e. The van der Waals surface area contributed by atoms with Crippen LogP contribution in [0.25, 0.3) is 10.8 Å². The van der Waals surface area contributed by atoms with Gasteiger partial charge in [0.25, 0.3) is 0 Å². The lowest BCUT2D eigenvalue weighted by Crippen LogP contribution is -2.18. The molecule has 3 aromatic rings. The summed E-state index contributed by atoms with van der Waals surface area (Å²) in [5, 5.41) is 5.97. The topological polar surface area (TPSA) is 25.2 Å². The largest absolute Gasteiger partial charge is 0.466 e. The molecule has 0 aliphatic carbocycles. The Labute approximate surface area is 125 Å². The van der Waals surface area contributed by atoms with E-state index in [-0.39, 0.29) is 6.04 Å². The molecule has 0 saturated carbocycles. The number of hydrogen-bond donors (Lipinski definition) is 1. The van der Waals surface area contributed by atoms with Gasteiger partial charge in [0.05, 0.1) is 6.04 Å². The SMILES string of the molecule is CNC(c1ccc2ccccc2c1)c1c(C)oc(C)c1C. The van der Waals surface area contributed by atoms with Crippen LogP contribution in [0, 0.1) is 20.8 Å². The van der Waals surface area contributed by atoms with Crippen LogP contribution in [0.3, 0.4) is 0 Å². The van der Waals surface area contributed by atoms with Gasteiger partial charge >= 0.3 is 0 Å². The van der Waals surface area contributed by atoms with E-state index in [1.54, 1.807) is 0 Å². The molecule has 0 radical (unpaired) electrons. The van der Waals surface area contributed by atoms with Crippen molar-refractivity contribution < 1.29 is 4.42 Å². The van der Waals surface area contributed by atoms with Crippen molar-refractivity contribution in [3.05, 3.63) is 70.7 Å². The normalized spacial score (nSPS) is 12.8. The summed E-state index contributed by atoms with van der Waals surface area (Å²) in [6.45, 7) is 6.20. The fraction of sp³-hybridized carbons (Fsp3) is 0.263. The van der Waals surface area contributed by atoms with Gasteiger partial charge in [-0.2, -0.15) is 0 Å². The van der Waals surface area contributed by atoms with Gasteiger partial charge in [0.15, 0.2) is 0 Å². The van der Waals surface area contributed by atoms with E-state index in [0.717, 1.165) is 11.5 Å². The van der Waals surface area contributed by atoms with E-state index in [1.165, 1.54) is 27.5 Å². The first kappa shape index (κ1) is 13.9. The van der Waals surface area contributed by atoms with Gasteiger partial charge in [0.1, 0.15) is 11.5 Å². The van der Waals surface area contributed by atoms with Crippen molar-refractivity contribution >= 4 is 10.8 Å². The lowest BCUT2D eigenvalue weighted by Gasteiger charge is -2.18. The first-order valence-corrected chi connectivity index (χ1v) is 7.34. The van der Waals surface area contributed by atoms with Crippen LogP contribution < -0.4 is 5.32 Å². The minimum absolute atomic E-state index is 0.159. The molecular weight excluding hydrogens is 258 g/mol. The van der Waals surface area contributed by atoms with Crippen molar-refractivity contribution in [2.24, 2.45) is 0 Å². The fourth-order valence-electron chi connectivity index (χ4n) is 3.10. The Hall–Kier alpha value is -2.06. The maximum Gasteiger partial charge on any atom is 0.106 e. The predicted octanol–water partition coefficient (Wildman–Crippen LogP) is 4.67. The van der Waals surface area contributed by atoms with Crippen LogP contribution in [0.15, 0.2) is 46.9 Å². The third-order valence-electron chi connectivity index (χ3n) is 4.30. The number of rotatable bonds is 3. The van der Waals surface area contributed by atoms with Gasteiger partial charge in [0, 0.05) is 5.56 Å². The van der Waals surface area contributed by atoms with Crippen molar-refractivity contribution in [1.82, 2.24) is 5.32 Å². The van der Waals surface area contributed by atoms with Gasteiger partial charge in [-0.1, -0.05) is 36.4 Å². The van der Waals surface area contributed by atoms with E-state index < -0.39 is 0 Å². The number of aryl methyl sites for hydroxylation is 2. The van der Waals surface area contributed by atoms with Gasteiger partial charge in [-0.3, -0.25) is 0 Å². The van der Waals surface area contributed by atoms with E-state index >= 15 is 0 Å². The molecule has 0 saturated heterocycles. The molecule has 1 aromatic heterocycles. The zero-order chi connectivity index (χ0) is 15.0. The van der Waals surface area contributed by atoms with Crippen LogP contribution >= 0.6 is 0 Å². The molecule has 1 unspecified atom stereocenters. The third-order valence-corrected chi connectivity index (χ3v) is 4.30. The summed E-state index contributed by atoms with van der Waals surface area (Å²) in [6.07, 6.45) is 0. The monoisotopic (exact) mass is 279 g/mol. The zero-order valence-corrected chi connectivity index (χ0v) is 13.0. The molecule has 0 bridgehead atoms. The maximum atomic E-state index is 5.80. The molecule has 2 nitrogen and oxygen atoms in total. The molecule has 1 heterocycles. The van der Waals surface area contributed by atoms with Crippen LogP contribution in [0.1, 0.15) is 34.3 Å². The molecule has 0 fully saturated rings. The van der Waals surface area contributed by atoms with E-state index in [4.69, 9.17) is 4.42 Å². The Morgan fingerprint density at radius 3 is 2.24 bits per heavy atom. The van der Waals surface area contributed by atoms with Gasteiger partial charge in [-0.25, -0.2) is 0 Å². The summed E-state index contributed by atoms with van der Waals surface area (Å²) in [7, 11) is 2.00. The molecule has 108 valence electrons. The van der Waals surface area contributed by atoms with Gasteiger partial charge in [-0.15, -0.1) is 0 Å².